The van der Waals surface area contributed by atoms with Gasteiger partial charge in [0.2, 0.25) is 10.0 Å². The van der Waals surface area contributed by atoms with Crippen LogP contribution in [0.1, 0.15) is 10.4 Å². The van der Waals surface area contributed by atoms with Crippen molar-refractivity contribution in [2.24, 2.45) is 0 Å². The Morgan fingerprint density at radius 1 is 0.938 bits per heavy atom. The van der Waals surface area contributed by atoms with Crippen LogP contribution in [0.4, 0.5) is 13.2 Å². The largest absolute Gasteiger partial charge is 0.486 e. The van der Waals surface area contributed by atoms with E-state index in [9.17, 15) is 26.4 Å². The number of hydrogen-bond donors (Lipinski definition) is 0. The Morgan fingerprint density at radius 2 is 1.59 bits per heavy atom. The van der Waals surface area contributed by atoms with E-state index in [0.29, 0.717) is 24.7 Å². The summed E-state index contributed by atoms with van der Waals surface area (Å²) in [5.41, 5.74) is -4.58. The molecule has 0 spiro atoms. The fraction of sp³-hybridized carbons (Fsp3) is 0.350. The van der Waals surface area contributed by atoms with Crippen molar-refractivity contribution < 1.29 is 35.9 Å². The minimum Gasteiger partial charge on any atom is -0.486 e. The molecule has 1 amide bonds. The second-order valence-corrected chi connectivity index (χ2v) is 10.1. The third-order valence-corrected chi connectivity index (χ3v) is 7.72. The molecule has 2 aromatic rings. The summed E-state index contributed by atoms with van der Waals surface area (Å²) in [6, 6.07) is 9.90. The number of thioether (sulfide) groups is 1. The molecule has 2 heterocycles. The molecule has 32 heavy (non-hydrogen) atoms. The third-order valence-electron chi connectivity index (χ3n) is 5.02. The van der Waals surface area contributed by atoms with E-state index in [-0.39, 0.29) is 53.3 Å². The van der Waals surface area contributed by atoms with E-state index in [1.807, 2.05) is 0 Å². The van der Waals surface area contributed by atoms with Crippen molar-refractivity contribution in [3.63, 3.8) is 0 Å². The molecule has 0 atom stereocenters. The molecule has 1 fully saturated rings. The van der Waals surface area contributed by atoms with E-state index in [2.05, 4.69) is 0 Å². The average molecular weight is 489 g/mol. The number of carbonyl (C=O) groups excluding carboxylic acids is 1. The van der Waals surface area contributed by atoms with Crippen LogP contribution in [-0.2, 0) is 10.0 Å². The SMILES string of the molecule is O=C(c1ccccc1SC(F)(F)F)N1CCN(S(=O)(=O)c2ccc3c(c2)OCCO3)CC1. The van der Waals surface area contributed by atoms with Gasteiger partial charge in [-0.05, 0) is 36.0 Å². The van der Waals surface area contributed by atoms with Crippen molar-refractivity contribution in [2.45, 2.75) is 15.3 Å². The number of piperazine rings is 1. The van der Waals surface area contributed by atoms with Crippen molar-refractivity contribution in [2.75, 3.05) is 39.4 Å². The molecule has 0 unspecified atom stereocenters. The summed E-state index contributed by atoms with van der Waals surface area (Å²) in [7, 11) is -3.83. The van der Waals surface area contributed by atoms with Crippen molar-refractivity contribution in [3.8, 4) is 11.5 Å². The highest BCUT2D eigenvalue weighted by atomic mass is 32.2. The van der Waals surface area contributed by atoms with Gasteiger partial charge >= 0.3 is 5.51 Å². The molecule has 0 aromatic heterocycles. The summed E-state index contributed by atoms with van der Waals surface area (Å²) in [5.74, 6) is 0.264. The molecule has 12 heteroatoms. The molecule has 1 saturated heterocycles. The summed E-state index contributed by atoms with van der Waals surface area (Å²) >= 11 is -0.343. The Labute approximate surface area is 187 Å². The van der Waals surface area contributed by atoms with Crippen molar-refractivity contribution in [3.05, 3.63) is 48.0 Å². The Hall–Kier alpha value is -2.44. The molecule has 7 nitrogen and oxygen atoms in total. The summed E-state index contributed by atoms with van der Waals surface area (Å²) in [6.45, 7) is 0.889. The number of alkyl halides is 3. The lowest BCUT2D eigenvalue weighted by Gasteiger charge is -2.34. The molecule has 2 aliphatic rings. The maximum atomic E-state index is 13.0. The van der Waals surface area contributed by atoms with Crippen molar-refractivity contribution in [1.82, 2.24) is 9.21 Å². The monoisotopic (exact) mass is 488 g/mol. The fourth-order valence-corrected chi connectivity index (χ4v) is 5.59. The van der Waals surface area contributed by atoms with Crippen LogP contribution < -0.4 is 9.47 Å². The minimum absolute atomic E-state index is 0.0249. The highest BCUT2D eigenvalue weighted by Crippen LogP contribution is 2.39. The highest BCUT2D eigenvalue weighted by Gasteiger charge is 2.34. The van der Waals surface area contributed by atoms with Crippen LogP contribution in [0, 0.1) is 0 Å². The number of benzene rings is 2. The van der Waals surface area contributed by atoms with Gasteiger partial charge in [0.25, 0.3) is 5.91 Å². The van der Waals surface area contributed by atoms with Gasteiger partial charge in [-0.1, -0.05) is 12.1 Å². The van der Waals surface area contributed by atoms with Crippen molar-refractivity contribution >= 4 is 27.7 Å². The third kappa shape index (κ3) is 4.81. The van der Waals surface area contributed by atoms with Crippen molar-refractivity contribution in [1.29, 1.82) is 0 Å². The molecule has 2 aromatic carbocycles. The van der Waals surface area contributed by atoms with E-state index < -0.39 is 21.4 Å². The number of carbonyl (C=O) groups is 1. The van der Waals surface area contributed by atoms with Crippen LogP contribution in [-0.4, -0.2) is 68.4 Å². The second kappa shape index (κ2) is 8.83. The molecular weight excluding hydrogens is 469 g/mol. The Bertz CT molecular complexity index is 1120. The first kappa shape index (κ1) is 22.7. The van der Waals surface area contributed by atoms with Gasteiger partial charge in [0.15, 0.2) is 11.5 Å². The molecule has 0 radical (unpaired) electrons. The van der Waals surface area contributed by atoms with Gasteiger partial charge in [-0.2, -0.15) is 17.5 Å². The van der Waals surface area contributed by atoms with Gasteiger partial charge in [0.1, 0.15) is 13.2 Å². The Balaban J connectivity index is 1.46. The maximum absolute atomic E-state index is 13.0. The number of nitrogens with zero attached hydrogens (tertiary/aromatic N) is 2. The van der Waals surface area contributed by atoms with Crippen LogP contribution in [0.3, 0.4) is 0 Å². The molecule has 0 N–H and O–H groups in total. The van der Waals surface area contributed by atoms with E-state index in [1.54, 1.807) is 0 Å². The number of hydrogen-bond acceptors (Lipinski definition) is 6. The Morgan fingerprint density at radius 3 is 2.28 bits per heavy atom. The quantitative estimate of drug-likeness (QED) is 0.616. The number of ether oxygens (including phenoxy) is 2. The molecule has 172 valence electrons. The lowest BCUT2D eigenvalue weighted by molar-refractivity contribution is -0.0328. The van der Waals surface area contributed by atoms with Gasteiger partial charge in [-0.15, -0.1) is 0 Å². The maximum Gasteiger partial charge on any atom is 0.446 e. The van der Waals surface area contributed by atoms with E-state index in [4.69, 9.17) is 9.47 Å². The lowest BCUT2D eigenvalue weighted by Crippen LogP contribution is -2.50. The Kier molecular flexibility index (Phi) is 6.28. The molecular formula is C20H19F3N2O5S2. The second-order valence-electron chi connectivity index (χ2n) is 7.05. The lowest BCUT2D eigenvalue weighted by atomic mass is 10.2. The zero-order valence-corrected chi connectivity index (χ0v) is 18.3. The molecule has 2 aliphatic heterocycles. The smallest absolute Gasteiger partial charge is 0.446 e. The van der Waals surface area contributed by atoms with E-state index >= 15 is 0 Å². The molecule has 0 saturated carbocycles. The number of rotatable bonds is 4. The summed E-state index contributed by atoms with van der Waals surface area (Å²) < 4.78 is 76.6. The average Bonchev–Trinajstić information content (AvgIpc) is 2.77. The zero-order chi connectivity index (χ0) is 22.9. The van der Waals surface area contributed by atoms with Gasteiger partial charge in [-0.3, -0.25) is 4.79 Å². The summed E-state index contributed by atoms with van der Waals surface area (Å²) in [4.78, 5) is 14.1. The highest BCUT2D eigenvalue weighted by molar-refractivity contribution is 8.00. The number of sulfonamides is 1. The van der Waals surface area contributed by atoms with Gasteiger partial charge < -0.3 is 14.4 Å². The number of amides is 1. The number of fused-ring (bicyclic) bond motifs is 1. The standard InChI is InChI=1S/C20H19F3N2O5S2/c21-20(22,23)31-18-4-2-1-3-15(18)19(26)24-7-9-25(10-8-24)32(27,28)14-5-6-16-17(13-14)30-12-11-29-16/h1-6,13H,7-12H2. The predicted molar refractivity (Wildman–Crippen MR) is 110 cm³/mol. The van der Waals surface area contributed by atoms with Crippen LogP contribution in [0.5, 0.6) is 11.5 Å². The summed E-state index contributed by atoms with van der Waals surface area (Å²) in [5, 5.41) is 0. The van der Waals surface area contributed by atoms with E-state index in [0.717, 1.165) is 0 Å². The molecule has 0 bridgehead atoms. The zero-order valence-electron chi connectivity index (χ0n) is 16.7. The molecule has 0 aliphatic carbocycles. The van der Waals surface area contributed by atoms with Gasteiger partial charge in [0, 0.05) is 37.1 Å². The number of halogens is 3. The first-order valence-corrected chi connectivity index (χ1v) is 11.9. The van der Waals surface area contributed by atoms with Crippen LogP contribution >= 0.6 is 11.8 Å². The van der Waals surface area contributed by atoms with Crippen LogP contribution in [0.2, 0.25) is 0 Å². The normalized spacial score (nSPS) is 17.3. The van der Waals surface area contributed by atoms with Crippen LogP contribution in [0.25, 0.3) is 0 Å². The van der Waals surface area contributed by atoms with Crippen LogP contribution in [0.15, 0.2) is 52.3 Å². The predicted octanol–water partition coefficient (Wildman–Crippen LogP) is 3.22. The first-order valence-electron chi connectivity index (χ1n) is 9.69. The minimum atomic E-state index is -4.52. The topological polar surface area (TPSA) is 76.2 Å². The fourth-order valence-electron chi connectivity index (χ4n) is 3.49. The van der Waals surface area contributed by atoms with E-state index in [1.165, 1.54) is 51.7 Å². The van der Waals surface area contributed by atoms with Gasteiger partial charge in [0.05, 0.1) is 10.5 Å². The first-order chi connectivity index (χ1) is 15.1. The molecule has 4 rings (SSSR count). The van der Waals surface area contributed by atoms with Gasteiger partial charge in [-0.25, -0.2) is 8.42 Å². The summed E-state index contributed by atoms with van der Waals surface area (Å²) in [6.07, 6.45) is 0.